The van der Waals surface area contributed by atoms with Gasteiger partial charge in [0.25, 0.3) is 0 Å². The van der Waals surface area contributed by atoms with Gasteiger partial charge < -0.3 is 9.64 Å². The molecule has 6 heteroatoms. The van der Waals surface area contributed by atoms with Crippen molar-refractivity contribution in [1.29, 1.82) is 0 Å². The van der Waals surface area contributed by atoms with Crippen molar-refractivity contribution in [3.8, 4) is 5.75 Å². The van der Waals surface area contributed by atoms with Gasteiger partial charge in [-0.2, -0.15) is 11.8 Å². The second-order valence-electron chi connectivity index (χ2n) is 4.87. The van der Waals surface area contributed by atoms with Crippen LogP contribution in [0.15, 0.2) is 6.33 Å². The minimum atomic E-state index is 0.318. The zero-order chi connectivity index (χ0) is 13.2. The van der Waals surface area contributed by atoms with Crippen molar-refractivity contribution >= 4 is 29.2 Å². The smallest absolute Gasteiger partial charge is 0.199 e. The van der Waals surface area contributed by atoms with Crippen molar-refractivity contribution in [2.75, 3.05) is 30.9 Å². The normalized spacial score (nSPS) is 19.4. The third-order valence-electron chi connectivity index (χ3n) is 3.08. The Morgan fingerprint density at radius 1 is 1.39 bits per heavy atom. The van der Waals surface area contributed by atoms with Crippen LogP contribution in [0.1, 0.15) is 20.3 Å². The van der Waals surface area contributed by atoms with Crippen molar-refractivity contribution in [1.82, 2.24) is 9.97 Å². The third-order valence-corrected chi connectivity index (χ3v) is 4.72. The maximum Gasteiger partial charge on any atom is 0.199 e. The lowest BCUT2D eigenvalue weighted by molar-refractivity contribution is 0.410. The number of thioether (sulfide) groups is 1. The average molecular weight is 288 g/mol. The van der Waals surface area contributed by atoms with Gasteiger partial charge in [-0.15, -0.1) is 0 Å². The number of nitrogens with zero attached hydrogens (tertiary/aromatic N) is 3. The van der Waals surface area contributed by atoms with E-state index in [2.05, 4.69) is 28.7 Å². The molecule has 0 N–H and O–H groups in total. The van der Waals surface area contributed by atoms with Crippen LogP contribution in [0.4, 0.5) is 5.82 Å². The molecule has 100 valence electrons. The summed E-state index contributed by atoms with van der Waals surface area (Å²) in [5.41, 5.74) is 0. The number of hydrogen-bond donors (Lipinski definition) is 0. The second kappa shape index (κ2) is 5.53. The summed E-state index contributed by atoms with van der Waals surface area (Å²) in [6.45, 7) is 6.48. The predicted octanol–water partition coefficient (Wildman–Crippen LogP) is 2.86. The van der Waals surface area contributed by atoms with Crippen LogP contribution in [-0.2, 0) is 0 Å². The van der Waals surface area contributed by atoms with Gasteiger partial charge in [-0.1, -0.05) is 25.4 Å². The van der Waals surface area contributed by atoms with E-state index in [1.807, 2.05) is 11.8 Å². The van der Waals surface area contributed by atoms with E-state index in [0.29, 0.717) is 15.6 Å². The van der Waals surface area contributed by atoms with Crippen LogP contribution < -0.4 is 9.64 Å². The molecule has 0 radical (unpaired) electrons. The van der Waals surface area contributed by atoms with Crippen LogP contribution in [-0.4, -0.2) is 40.7 Å². The number of methoxy groups -OCH3 is 1. The monoisotopic (exact) mass is 287 g/mol. The van der Waals surface area contributed by atoms with Gasteiger partial charge >= 0.3 is 0 Å². The molecule has 1 aliphatic rings. The minimum Gasteiger partial charge on any atom is -0.490 e. The van der Waals surface area contributed by atoms with Crippen molar-refractivity contribution < 1.29 is 4.74 Å². The van der Waals surface area contributed by atoms with Gasteiger partial charge in [0.1, 0.15) is 6.33 Å². The topological polar surface area (TPSA) is 38.3 Å². The number of halogens is 1. The summed E-state index contributed by atoms with van der Waals surface area (Å²) in [5, 5.41) is 0.374. The highest BCUT2D eigenvalue weighted by molar-refractivity contribution is 8.00. The molecule has 0 aromatic carbocycles. The lowest BCUT2D eigenvalue weighted by atomic mass is 10.1. The molecule has 0 saturated carbocycles. The third kappa shape index (κ3) is 3.01. The standard InChI is InChI=1S/C12H18ClN3OS/c1-12(2)4-5-16(6-7-18-12)11-9(17-3)10(13)14-8-15-11/h8H,4-7H2,1-3H3. The lowest BCUT2D eigenvalue weighted by Gasteiger charge is -2.24. The number of aromatic nitrogens is 2. The Kier molecular flexibility index (Phi) is 4.22. The highest BCUT2D eigenvalue weighted by atomic mass is 35.5. The van der Waals surface area contributed by atoms with Gasteiger partial charge in [0.05, 0.1) is 7.11 Å². The van der Waals surface area contributed by atoms with Crippen molar-refractivity contribution in [2.45, 2.75) is 25.0 Å². The Labute approximate surface area is 117 Å². The summed E-state index contributed by atoms with van der Waals surface area (Å²) in [4.78, 5) is 10.5. The summed E-state index contributed by atoms with van der Waals surface area (Å²) in [6, 6.07) is 0. The maximum atomic E-state index is 6.04. The quantitative estimate of drug-likeness (QED) is 0.782. The molecule has 4 nitrogen and oxygen atoms in total. The molecule has 0 unspecified atom stereocenters. The maximum absolute atomic E-state index is 6.04. The van der Waals surface area contributed by atoms with E-state index in [-0.39, 0.29) is 0 Å². The molecule has 1 saturated heterocycles. The summed E-state index contributed by atoms with van der Waals surface area (Å²) in [7, 11) is 1.60. The first-order valence-electron chi connectivity index (χ1n) is 5.97. The first kappa shape index (κ1) is 13.7. The van der Waals surface area contributed by atoms with Crippen molar-refractivity contribution in [3.05, 3.63) is 11.5 Å². The van der Waals surface area contributed by atoms with Gasteiger partial charge in [-0.05, 0) is 6.42 Å². The summed E-state index contributed by atoms with van der Waals surface area (Å²) < 4.78 is 5.63. The first-order valence-corrected chi connectivity index (χ1v) is 7.33. The van der Waals surface area contributed by atoms with Crippen LogP contribution >= 0.6 is 23.4 Å². The molecule has 1 aromatic rings. The van der Waals surface area contributed by atoms with Crippen molar-refractivity contribution in [3.63, 3.8) is 0 Å². The highest BCUT2D eigenvalue weighted by Crippen LogP contribution is 2.36. The molecule has 1 aromatic heterocycles. The van der Waals surface area contributed by atoms with Crippen LogP contribution in [0.2, 0.25) is 5.15 Å². The SMILES string of the molecule is COc1c(Cl)ncnc1N1CCSC(C)(C)CC1. The van der Waals surface area contributed by atoms with E-state index in [1.165, 1.54) is 6.33 Å². The van der Waals surface area contributed by atoms with E-state index in [4.69, 9.17) is 16.3 Å². The Hall–Kier alpha value is -0.680. The van der Waals surface area contributed by atoms with Crippen LogP contribution in [0, 0.1) is 0 Å². The van der Waals surface area contributed by atoms with Crippen LogP contribution in [0.25, 0.3) is 0 Å². The molecule has 18 heavy (non-hydrogen) atoms. The van der Waals surface area contributed by atoms with E-state index >= 15 is 0 Å². The van der Waals surface area contributed by atoms with E-state index in [0.717, 1.165) is 31.1 Å². The molecule has 0 bridgehead atoms. The van der Waals surface area contributed by atoms with Gasteiger partial charge in [-0.25, -0.2) is 9.97 Å². The van der Waals surface area contributed by atoms with E-state index in [1.54, 1.807) is 7.11 Å². The number of anilines is 1. The molecule has 0 atom stereocenters. The van der Waals surface area contributed by atoms with Crippen LogP contribution in [0.5, 0.6) is 5.75 Å². The van der Waals surface area contributed by atoms with Gasteiger partial charge in [-0.3, -0.25) is 0 Å². The fraction of sp³-hybridized carbons (Fsp3) is 0.667. The Morgan fingerprint density at radius 2 is 2.17 bits per heavy atom. The molecule has 0 spiro atoms. The van der Waals surface area contributed by atoms with Gasteiger partial charge in [0.2, 0.25) is 0 Å². The Balaban J connectivity index is 2.24. The summed E-state index contributed by atoms with van der Waals surface area (Å²) in [5.74, 6) is 2.46. The summed E-state index contributed by atoms with van der Waals surface area (Å²) in [6.07, 6.45) is 2.60. The van der Waals surface area contributed by atoms with Gasteiger partial charge in [0.15, 0.2) is 16.7 Å². The zero-order valence-corrected chi connectivity index (χ0v) is 12.5. The largest absolute Gasteiger partial charge is 0.490 e. The van der Waals surface area contributed by atoms with Gasteiger partial charge in [0, 0.05) is 23.6 Å². The summed E-state index contributed by atoms with van der Waals surface area (Å²) >= 11 is 8.04. The molecule has 2 heterocycles. The van der Waals surface area contributed by atoms with E-state index in [9.17, 15) is 0 Å². The number of ether oxygens (including phenoxy) is 1. The first-order chi connectivity index (χ1) is 8.53. The molecule has 2 rings (SSSR count). The number of hydrogen-bond acceptors (Lipinski definition) is 5. The molecular formula is C12H18ClN3OS. The molecule has 1 fully saturated rings. The fourth-order valence-electron chi connectivity index (χ4n) is 1.98. The zero-order valence-electron chi connectivity index (χ0n) is 10.9. The van der Waals surface area contributed by atoms with Crippen LogP contribution in [0.3, 0.4) is 0 Å². The minimum absolute atomic E-state index is 0.318. The highest BCUT2D eigenvalue weighted by Gasteiger charge is 2.26. The van der Waals surface area contributed by atoms with E-state index < -0.39 is 0 Å². The Morgan fingerprint density at radius 3 is 2.89 bits per heavy atom. The fourth-order valence-corrected chi connectivity index (χ4v) is 3.28. The predicted molar refractivity (Wildman–Crippen MR) is 77.0 cm³/mol. The lowest BCUT2D eigenvalue weighted by Crippen LogP contribution is -2.28. The number of rotatable bonds is 2. The second-order valence-corrected chi connectivity index (χ2v) is 7.03. The average Bonchev–Trinajstić information content (AvgIpc) is 2.50. The molecular weight excluding hydrogens is 270 g/mol. The molecule has 1 aliphatic heterocycles. The molecule has 0 aliphatic carbocycles. The van der Waals surface area contributed by atoms with Crippen molar-refractivity contribution in [2.24, 2.45) is 0 Å². The Bertz CT molecular complexity index is 428. The molecule has 0 amide bonds.